The summed E-state index contributed by atoms with van der Waals surface area (Å²) < 4.78 is 13.7. The van der Waals surface area contributed by atoms with Gasteiger partial charge in [-0.05, 0) is 27.7 Å². The van der Waals surface area contributed by atoms with Crippen LogP contribution < -0.4 is 0 Å². The van der Waals surface area contributed by atoms with Crippen molar-refractivity contribution in [2.75, 3.05) is 13.1 Å². The predicted octanol–water partition coefficient (Wildman–Crippen LogP) is 3.92. The summed E-state index contributed by atoms with van der Waals surface area (Å²) in [5.41, 5.74) is -0.191. The summed E-state index contributed by atoms with van der Waals surface area (Å²) in [6.07, 6.45) is 0. The molecule has 0 rings (SSSR count). The van der Waals surface area contributed by atoms with Gasteiger partial charge in [-0.15, -0.1) is 0 Å². The molecule has 1 unspecified atom stereocenters. The highest BCUT2D eigenvalue weighted by molar-refractivity contribution is 7.44. The molecule has 3 nitrogen and oxygen atoms in total. The Morgan fingerprint density at radius 2 is 1.73 bits per heavy atom. The van der Waals surface area contributed by atoms with E-state index in [0.717, 1.165) is 13.1 Å². The fourth-order valence-electron chi connectivity index (χ4n) is 0.956. The highest BCUT2D eigenvalue weighted by Crippen LogP contribution is 2.47. The molecule has 0 aromatic carbocycles. The molecule has 0 aromatic rings. The van der Waals surface area contributed by atoms with E-state index in [1.807, 2.05) is 27.7 Å². The molecule has 0 N–H and O–H groups in total. The van der Waals surface area contributed by atoms with Gasteiger partial charge in [0.05, 0.1) is 11.4 Å². The first-order chi connectivity index (χ1) is 6.80. The molecular weight excluding hydrogens is 209 g/mol. The molecule has 0 radical (unpaired) electrons. The first kappa shape index (κ1) is 14.9. The van der Waals surface area contributed by atoms with Crippen LogP contribution in [0.15, 0.2) is 12.3 Å². The average Bonchev–Trinajstić information content (AvgIpc) is 2.01. The maximum atomic E-state index is 5.90. The van der Waals surface area contributed by atoms with Crippen LogP contribution in [-0.4, -0.2) is 23.4 Å². The van der Waals surface area contributed by atoms with E-state index >= 15 is 0 Å². The number of hydrogen-bond acceptors (Lipinski definition) is 3. The van der Waals surface area contributed by atoms with Crippen LogP contribution in [0.1, 0.15) is 41.5 Å². The van der Waals surface area contributed by atoms with Crippen molar-refractivity contribution >= 4 is 8.53 Å². The van der Waals surface area contributed by atoms with Crippen LogP contribution in [0.3, 0.4) is 0 Å². The number of nitrogens with zero attached hydrogens (tertiary/aromatic N) is 1. The molecule has 4 heteroatoms. The van der Waals surface area contributed by atoms with E-state index in [1.54, 1.807) is 0 Å². The molecule has 0 amide bonds. The Bertz CT molecular complexity index is 197. The second-order valence-corrected chi connectivity index (χ2v) is 5.78. The van der Waals surface area contributed by atoms with Crippen molar-refractivity contribution in [1.29, 1.82) is 0 Å². The smallest absolute Gasteiger partial charge is 0.321 e. The van der Waals surface area contributed by atoms with Crippen LogP contribution in [0, 0.1) is 0 Å². The fraction of sp³-hybridized carbons (Fsp3) is 0.818. The second-order valence-electron chi connectivity index (χ2n) is 4.37. The summed E-state index contributed by atoms with van der Waals surface area (Å²) in [5, 5.41) is 0. The summed E-state index contributed by atoms with van der Waals surface area (Å²) in [7, 11) is -1.02. The first-order valence-electron chi connectivity index (χ1n) is 5.37. The van der Waals surface area contributed by atoms with E-state index in [0.29, 0.717) is 5.76 Å². The molecule has 90 valence electrons. The molecule has 0 saturated carbocycles. The topological polar surface area (TPSA) is 21.7 Å². The molecule has 15 heavy (non-hydrogen) atoms. The van der Waals surface area contributed by atoms with Crippen LogP contribution in [0.5, 0.6) is 0 Å². The van der Waals surface area contributed by atoms with Crippen molar-refractivity contribution in [3.05, 3.63) is 12.3 Å². The van der Waals surface area contributed by atoms with Crippen molar-refractivity contribution in [3.63, 3.8) is 0 Å². The number of rotatable bonds is 6. The second kappa shape index (κ2) is 6.47. The Kier molecular flexibility index (Phi) is 6.42. The minimum atomic E-state index is -1.02. The molecular formula is C11H24NO2P. The summed E-state index contributed by atoms with van der Waals surface area (Å²) in [6, 6.07) is 0. The van der Waals surface area contributed by atoms with E-state index in [1.165, 1.54) is 0 Å². The lowest BCUT2D eigenvalue weighted by molar-refractivity contribution is 0.109. The Morgan fingerprint density at radius 1 is 1.27 bits per heavy atom. The molecule has 1 atom stereocenters. The Morgan fingerprint density at radius 3 is 2.00 bits per heavy atom. The maximum absolute atomic E-state index is 5.90. The highest BCUT2D eigenvalue weighted by atomic mass is 31.2. The molecule has 0 aliphatic carbocycles. The fourth-order valence-corrected chi connectivity index (χ4v) is 2.42. The van der Waals surface area contributed by atoms with Gasteiger partial charge in [-0.3, -0.25) is 0 Å². The summed E-state index contributed by atoms with van der Waals surface area (Å²) >= 11 is 0. The van der Waals surface area contributed by atoms with Crippen LogP contribution in [-0.2, 0) is 9.05 Å². The zero-order valence-corrected chi connectivity index (χ0v) is 11.7. The normalized spacial score (nSPS) is 14.1. The lowest BCUT2D eigenvalue weighted by Gasteiger charge is -2.32. The van der Waals surface area contributed by atoms with Gasteiger partial charge in [0, 0.05) is 13.1 Å². The van der Waals surface area contributed by atoms with Gasteiger partial charge >= 0.3 is 8.53 Å². The van der Waals surface area contributed by atoms with Gasteiger partial charge < -0.3 is 9.05 Å². The summed E-state index contributed by atoms with van der Waals surface area (Å²) in [4.78, 5) is 0. The zero-order valence-electron chi connectivity index (χ0n) is 10.8. The monoisotopic (exact) mass is 233 g/mol. The van der Waals surface area contributed by atoms with E-state index in [9.17, 15) is 0 Å². The SMILES string of the molecule is C=C(C)OP(OC(C)(C)C)N(CC)CC. The highest BCUT2D eigenvalue weighted by Gasteiger charge is 2.26. The van der Waals surface area contributed by atoms with Crippen molar-refractivity contribution in [3.8, 4) is 0 Å². The third-order valence-electron chi connectivity index (χ3n) is 1.55. The largest absolute Gasteiger partial charge is 0.441 e. The quantitative estimate of drug-likeness (QED) is 0.512. The van der Waals surface area contributed by atoms with Crippen LogP contribution in [0.25, 0.3) is 0 Å². The molecule has 0 aliphatic heterocycles. The molecule has 0 aliphatic rings. The van der Waals surface area contributed by atoms with Crippen molar-refractivity contribution in [2.24, 2.45) is 0 Å². The van der Waals surface area contributed by atoms with Gasteiger partial charge in [0.2, 0.25) is 0 Å². The maximum Gasteiger partial charge on any atom is 0.321 e. The van der Waals surface area contributed by atoms with Gasteiger partial charge in [0.25, 0.3) is 0 Å². The van der Waals surface area contributed by atoms with E-state index < -0.39 is 8.53 Å². The molecule has 0 spiro atoms. The third kappa shape index (κ3) is 6.88. The summed E-state index contributed by atoms with van der Waals surface area (Å²) in [6.45, 7) is 17.8. The van der Waals surface area contributed by atoms with Gasteiger partial charge in [0.15, 0.2) is 0 Å². The van der Waals surface area contributed by atoms with Crippen molar-refractivity contribution < 1.29 is 9.05 Å². The Labute approximate surface area is 95.4 Å². The number of allylic oxidation sites excluding steroid dienone is 1. The van der Waals surface area contributed by atoms with E-state index in [4.69, 9.17) is 9.05 Å². The van der Waals surface area contributed by atoms with Crippen LogP contribution in [0.4, 0.5) is 0 Å². The minimum absolute atomic E-state index is 0.191. The van der Waals surface area contributed by atoms with E-state index in [-0.39, 0.29) is 5.60 Å². The van der Waals surface area contributed by atoms with Gasteiger partial charge in [0.1, 0.15) is 0 Å². The molecule has 0 fully saturated rings. The van der Waals surface area contributed by atoms with Gasteiger partial charge in [-0.25, -0.2) is 4.67 Å². The van der Waals surface area contributed by atoms with Crippen molar-refractivity contribution in [2.45, 2.75) is 47.1 Å². The number of hydrogen-bond donors (Lipinski definition) is 0. The standard InChI is InChI=1S/C11H24NO2P/c1-8-12(9-2)15(13-10(3)4)14-11(5,6)7/h3,8-9H2,1-2,4-7H3. The zero-order chi connectivity index (χ0) is 12.1. The first-order valence-corrected chi connectivity index (χ1v) is 6.50. The Hall–Kier alpha value is -0.110. The summed E-state index contributed by atoms with van der Waals surface area (Å²) in [5.74, 6) is 0.706. The lowest BCUT2D eigenvalue weighted by atomic mass is 10.2. The average molecular weight is 233 g/mol. The minimum Gasteiger partial charge on any atom is -0.441 e. The molecule has 0 heterocycles. The van der Waals surface area contributed by atoms with Crippen LogP contribution in [0.2, 0.25) is 0 Å². The van der Waals surface area contributed by atoms with Gasteiger partial charge in [-0.1, -0.05) is 20.4 Å². The molecule has 0 saturated heterocycles. The van der Waals surface area contributed by atoms with E-state index in [2.05, 4.69) is 25.1 Å². The van der Waals surface area contributed by atoms with Crippen LogP contribution >= 0.6 is 8.53 Å². The lowest BCUT2D eigenvalue weighted by Crippen LogP contribution is -2.25. The Balaban J connectivity index is 4.49. The third-order valence-corrected chi connectivity index (χ3v) is 3.75. The molecule has 0 aromatic heterocycles. The predicted molar refractivity (Wildman–Crippen MR) is 66.6 cm³/mol. The van der Waals surface area contributed by atoms with Crippen molar-refractivity contribution in [1.82, 2.24) is 4.67 Å². The molecule has 0 bridgehead atoms. The van der Waals surface area contributed by atoms with Gasteiger partial charge in [-0.2, -0.15) is 0 Å².